The van der Waals surface area contributed by atoms with Crippen molar-refractivity contribution in [3.63, 3.8) is 0 Å². The first-order valence-corrected chi connectivity index (χ1v) is 5.75. The molecule has 0 saturated carbocycles. The van der Waals surface area contributed by atoms with Crippen LogP contribution in [-0.4, -0.2) is 54.7 Å². The molecule has 1 rings (SSSR count). The molecule has 0 amide bonds. The molecule has 1 fully saturated rings. The molecule has 90 valence electrons. The highest BCUT2D eigenvalue weighted by atomic mass is 16.7. The summed E-state index contributed by atoms with van der Waals surface area (Å²) in [6, 6.07) is 0. The van der Waals surface area contributed by atoms with Gasteiger partial charge in [0.05, 0.1) is 5.60 Å². The van der Waals surface area contributed by atoms with Gasteiger partial charge in [0.1, 0.15) is 0 Å². The zero-order valence-corrected chi connectivity index (χ0v) is 10.0. The Hall–Kier alpha value is -0.160. The minimum Gasteiger partial charge on any atom is -0.388 e. The Bertz CT molecular complexity index is 171. The lowest BCUT2D eigenvalue weighted by Crippen LogP contribution is -2.60. The molecule has 0 atom stereocenters. The average molecular weight is 217 g/mol. The van der Waals surface area contributed by atoms with E-state index in [2.05, 4.69) is 4.90 Å². The quantitative estimate of drug-likeness (QED) is 0.642. The zero-order valence-electron chi connectivity index (χ0n) is 10.0. The van der Waals surface area contributed by atoms with Crippen molar-refractivity contribution in [1.29, 1.82) is 0 Å². The number of nitrogens with zero attached hydrogens (tertiary/aromatic N) is 1. The van der Waals surface area contributed by atoms with E-state index in [1.807, 2.05) is 20.8 Å². The van der Waals surface area contributed by atoms with Crippen LogP contribution in [0.4, 0.5) is 0 Å². The first-order valence-electron chi connectivity index (χ1n) is 5.75. The second kappa shape index (κ2) is 5.80. The number of hydrogen-bond donors (Lipinski definition) is 1. The van der Waals surface area contributed by atoms with Gasteiger partial charge in [-0.2, -0.15) is 0 Å². The highest BCUT2D eigenvalue weighted by Gasteiger charge is 2.36. The van der Waals surface area contributed by atoms with Crippen LogP contribution in [0.15, 0.2) is 0 Å². The van der Waals surface area contributed by atoms with Crippen molar-refractivity contribution in [3.05, 3.63) is 0 Å². The number of aliphatic hydroxyl groups is 1. The van der Waals surface area contributed by atoms with E-state index in [-0.39, 0.29) is 6.29 Å². The monoisotopic (exact) mass is 217 g/mol. The highest BCUT2D eigenvalue weighted by molar-refractivity contribution is 4.91. The van der Waals surface area contributed by atoms with Gasteiger partial charge >= 0.3 is 0 Å². The Kier molecular flexibility index (Phi) is 4.99. The minimum atomic E-state index is -0.479. The van der Waals surface area contributed by atoms with E-state index in [1.54, 1.807) is 0 Å². The summed E-state index contributed by atoms with van der Waals surface area (Å²) in [7, 11) is 0. The smallest absolute Gasteiger partial charge is 0.158 e. The molecule has 0 bridgehead atoms. The van der Waals surface area contributed by atoms with Crippen molar-refractivity contribution in [1.82, 2.24) is 4.90 Å². The van der Waals surface area contributed by atoms with E-state index in [4.69, 9.17) is 9.47 Å². The van der Waals surface area contributed by atoms with Crippen LogP contribution in [0.5, 0.6) is 0 Å². The molecule has 0 aromatic rings. The Morgan fingerprint density at radius 3 is 2.20 bits per heavy atom. The molecule has 15 heavy (non-hydrogen) atoms. The lowest BCUT2D eigenvalue weighted by atomic mass is 9.97. The third-order valence-electron chi connectivity index (χ3n) is 2.51. The molecule has 0 aromatic heterocycles. The van der Waals surface area contributed by atoms with Crippen LogP contribution in [0.25, 0.3) is 0 Å². The zero-order chi connectivity index (χ0) is 11.3. The number of likely N-dealkylation sites (tertiary alicyclic amines) is 1. The van der Waals surface area contributed by atoms with Crippen LogP contribution >= 0.6 is 0 Å². The summed E-state index contributed by atoms with van der Waals surface area (Å²) in [4.78, 5) is 2.21. The van der Waals surface area contributed by atoms with Crippen LogP contribution in [-0.2, 0) is 9.47 Å². The Morgan fingerprint density at radius 1 is 1.27 bits per heavy atom. The van der Waals surface area contributed by atoms with Crippen LogP contribution < -0.4 is 0 Å². The Labute approximate surface area is 92.2 Å². The molecule has 0 radical (unpaired) electrons. The maximum atomic E-state index is 9.55. The van der Waals surface area contributed by atoms with Gasteiger partial charge in [0.2, 0.25) is 0 Å². The summed E-state index contributed by atoms with van der Waals surface area (Å²) in [5.41, 5.74) is -0.479. The first-order chi connectivity index (χ1) is 7.07. The van der Waals surface area contributed by atoms with Gasteiger partial charge in [-0.15, -0.1) is 0 Å². The molecule has 4 nitrogen and oxygen atoms in total. The predicted octanol–water partition coefficient (Wildman–Crippen LogP) is 0.842. The van der Waals surface area contributed by atoms with Gasteiger partial charge in [0, 0.05) is 39.3 Å². The molecule has 1 heterocycles. The molecule has 0 aliphatic carbocycles. The SMILES string of the molecule is CCOC(CCN1CC(C)(O)C1)OCC. The average Bonchev–Trinajstić information content (AvgIpc) is 2.11. The van der Waals surface area contributed by atoms with Gasteiger partial charge in [-0.05, 0) is 20.8 Å². The lowest BCUT2D eigenvalue weighted by molar-refractivity contribution is -0.151. The number of ether oxygens (including phenoxy) is 2. The number of β-amino-alcohol motifs (C(OH)–C–C–N with tert-alkyl or cyclic N) is 1. The van der Waals surface area contributed by atoms with Gasteiger partial charge in [-0.25, -0.2) is 0 Å². The van der Waals surface area contributed by atoms with Crippen LogP contribution in [0.2, 0.25) is 0 Å². The largest absolute Gasteiger partial charge is 0.388 e. The summed E-state index contributed by atoms with van der Waals surface area (Å²) in [6.07, 6.45) is 0.781. The van der Waals surface area contributed by atoms with E-state index in [0.29, 0.717) is 13.2 Å². The second-order valence-electron chi connectivity index (χ2n) is 4.34. The highest BCUT2D eigenvalue weighted by Crippen LogP contribution is 2.20. The van der Waals surface area contributed by atoms with Crippen LogP contribution in [0, 0.1) is 0 Å². The minimum absolute atomic E-state index is 0.0921. The number of hydrogen-bond acceptors (Lipinski definition) is 4. The predicted molar refractivity (Wildman–Crippen MR) is 58.7 cm³/mol. The van der Waals surface area contributed by atoms with Crippen molar-refractivity contribution in [3.8, 4) is 0 Å². The van der Waals surface area contributed by atoms with Crippen molar-refractivity contribution in [2.45, 2.75) is 39.1 Å². The topological polar surface area (TPSA) is 41.9 Å². The van der Waals surface area contributed by atoms with Gasteiger partial charge in [-0.3, -0.25) is 4.90 Å². The third kappa shape index (κ3) is 4.47. The maximum Gasteiger partial charge on any atom is 0.158 e. The summed E-state index contributed by atoms with van der Waals surface area (Å²) >= 11 is 0. The third-order valence-corrected chi connectivity index (χ3v) is 2.51. The van der Waals surface area contributed by atoms with E-state index >= 15 is 0 Å². The fourth-order valence-corrected chi connectivity index (χ4v) is 1.95. The van der Waals surface area contributed by atoms with Gasteiger partial charge in [0.25, 0.3) is 0 Å². The van der Waals surface area contributed by atoms with Crippen LogP contribution in [0.3, 0.4) is 0 Å². The summed E-state index contributed by atoms with van der Waals surface area (Å²) < 4.78 is 10.9. The normalized spacial score (nSPS) is 20.6. The maximum absolute atomic E-state index is 9.55. The van der Waals surface area contributed by atoms with Crippen molar-refractivity contribution >= 4 is 0 Å². The molecular formula is C11H23NO3. The summed E-state index contributed by atoms with van der Waals surface area (Å²) in [6.45, 7) is 9.63. The Morgan fingerprint density at radius 2 is 1.80 bits per heavy atom. The van der Waals surface area contributed by atoms with Crippen molar-refractivity contribution in [2.75, 3.05) is 32.8 Å². The van der Waals surface area contributed by atoms with Crippen molar-refractivity contribution < 1.29 is 14.6 Å². The molecule has 1 aliphatic heterocycles. The van der Waals surface area contributed by atoms with E-state index in [1.165, 1.54) is 0 Å². The Balaban J connectivity index is 2.11. The fraction of sp³-hybridized carbons (Fsp3) is 1.00. The molecule has 1 aliphatic rings. The van der Waals surface area contributed by atoms with Crippen molar-refractivity contribution in [2.24, 2.45) is 0 Å². The van der Waals surface area contributed by atoms with Gasteiger partial charge < -0.3 is 14.6 Å². The first kappa shape index (κ1) is 12.9. The molecular weight excluding hydrogens is 194 g/mol. The molecule has 1 saturated heterocycles. The molecule has 0 aromatic carbocycles. The van der Waals surface area contributed by atoms with E-state index < -0.39 is 5.60 Å². The molecule has 0 unspecified atom stereocenters. The fourth-order valence-electron chi connectivity index (χ4n) is 1.95. The van der Waals surface area contributed by atoms with Gasteiger partial charge in [-0.1, -0.05) is 0 Å². The standard InChI is InChI=1S/C11H23NO3/c1-4-14-10(15-5-2)6-7-12-8-11(3,13)9-12/h10,13H,4-9H2,1-3H3. The summed E-state index contributed by atoms with van der Waals surface area (Å²) in [5, 5.41) is 9.55. The molecule has 4 heteroatoms. The van der Waals surface area contributed by atoms with Gasteiger partial charge in [0.15, 0.2) is 6.29 Å². The molecule has 0 spiro atoms. The summed E-state index contributed by atoms with van der Waals surface area (Å²) in [5.74, 6) is 0. The van der Waals surface area contributed by atoms with E-state index in [9.17, 15) is 5.11 Å². The lowest BCUT2D eigenvalue weighted by Gasteiger charge is -2.44. The second-order valence-corrected chi connectivity index (χ2v) is 4.34. The molecule has 1 N–H and O–H groups in total. The van der Waals surface area contributed by atoms with E-state index in [0.717, 1.165) is 26.1 Å². The number of rotatable bonds is 7. The van der Waals surface area contributed by atoms with Crippen LogP contribution in [0.1, 0.15) is 27.2 Å².